The van der Waals surface area contributed by atoms with E-state index in [4.69, 9.17) is 0 Å². The van der Waals surface area contributed by atoms with Crippen molar-refractivity contribution >= 4 is 29.9 Å². The molecule has 7 heteroatoms. The van der Waals surface area contributed by atoms with Crippen molar-refractivity contribution in [1.82, 2.24) is 25.3 Å². The van der Waals surface area contributed by atoms with Gasteiger partial charge >= 0.3 is 0 Å². The summed E-state index contributed by atoms with van der Waals surface area (Å²) in [6, 6.07) is 0. The molecule has 2 saturated heterocycles. The Bertz CT molecular complexity index is 365. The summed E-state index contributed by atoms with van der Waals surface area (Å²) in [4.78, 5) is 11.9. The van der Waals surface area contributed by atoms with Gasteiger partial charge in [-0.1, -0.05) is 13.3 Å². The van der Waals surface area contributed by atoms with Crippen molar-refractivity contribution in [1.29, 1.82) is 0 Å². The first-order valence-electron chi connectivity index (χ1n) is 9.75. The molecule has 2 fully saturated rings. The monoisotopic (exact) mass is 466 g/mol. The van der Waals surface area contributed by atoms with Crippen molar-refractivity contribution in [2.45, 2.75) is 26.2 Å². The van der Waals surface area contributed by atoms with E-state index in [-0.39, 0.29) is 24.0 Å². The highest BCUT2D eigenvalue weighted by atomic mass is 127. The minimum Gasteiger partial charge on any atom is -0.356 e. The van der Waals surface area contributed by atoms with E-state index in [1.807, 2.05) is 7.05 Å². The summed E-state index contributed by atoms with van der Waals surface area (Å²) in [5.74, 6) is 1.58. The number of nitrogens with zero attached hydrogens (tertiary/aromatic N) is 4. The van der Waals surface area contributed by atoms with Gasteiger partial charge in [0.1, 0.15) is 0 Å². The average molecular weight is 466 g/mol. The van der Waals surface area contributed by atoms with Crippen molar-refractivity contribution < 1.29 is 0 Å². The molecule has 25 heavy (non-hydrogen) atoms. The summed E-state index contributed by atoms with van der Waals surface area (Å²) in [5.41, 5.74) is 0. The quantitative estimate of drug-likeness (QED) is 0.335. The number of likely N-dealkylation sites (N-methyl/N-ethyl adjacent to an activating group) is 1. The van der Waals surface area contributed by atoms with E-state index in [1.165, 1.54) is 65.1 Å². The molecule has 2 heterocycles. The van der Waals surface area contributed by atoms with Crippen LogP contribution in [0.2, 0.25) is 0 Å². The fourth-order valence-electron chi connectivity index (χ4n) is 3.54. The van der Waals surface area contributed by atoms with Crippen molar-refractivity contribution in [3.8, 4) is 0 Å². The number of piperazine rings is 1. The van der Waals surface area contributed by atoms with Crippen LogP contribution >= 0.6 is 24.0 Å². The standard InChI is InChI=1S/C18H38N6.HI/c1-17(16-24-13-11-22(3)12-14-24)15-21-18(19-2)20-7-10-23-8-5-4-6-9-23;/h17H,4-16H2,1-3H3,(H2,19,20,21);1H. The third kappa shape index (κ3) is 9.40. The lowest BCUT2D eigenvalue weighted by molar-refractivity contribution is 0.139. The van der Waals surface area contributed by atoms with Gasteiger partial charge in [0.05, 0.1) is 0 Å². The predicted octanol–water partition coefficient (Wildman–Crippen LogP) is 1.14. The van der Waals surface area contributed by atoms with Gasteiger partial charge in [0.15, 0.2) is 5.96 Å². The Labute approximate surface area is 171 Å². The van der Waals surface area contributed by atoms with Crippen molar-refractivity contribution in [2.24, 2.45) is 10.9 Å². The first kappa shape index (κ1) is 22.9. The van der Waals surface area contributed by atoms with E-state index in [0.29, 0.717) is 5.92 Å². The van der Waals surface area contributed by atoms with E-state index in [1.54, 1.807) is 0 Å². The summed E-state index contributed by atoms with van der Waals surface area (Å²) < 4.78 is 0. The van der Waals surface area contributed by atoms with Gasteiger partial charge in [-0.15, -0.1) is 24.0 Å². The molecule has 0 aromatic carbocycles. The molecule has 0 aromatic rings. The summed E-state index contributed by atoms with van der Waals surface area (Å²) in [6.07, 6.45) is 4.12. The summed E-state index contributed by atoms with van der Waals surface area (Å²) in [7, 11) is 4.07. The molecule has 0 aliphatic carbocycles. The number of aliphatic imine (C=N–C) groups is 1. The fourth-order valence-corrected chi connectivity index (χ4v) is 3.54. The molecular formula is C18H39IN6. The number of halogens is 1. The van der Waals surface area contributed by atoms with Crippen LogP contribution in [0.3, 0.4) is 0 Å². The second-order valence-corrected chi connectivity index (χ2v) is 7.49. The van der Waals surface area contributed by atoms with Gasteiger partial charge < -0.3 is 25.3 Å². The fraction of sp³-hybridized carbons (Fsp3) is 0.944. The van der Waals surface area contributed by atoms with E-state index >= 15 is 0 Å². The molecule has 1 atom stereocenters. The number of nitrogens with one attached hydrogen (secondary N) is 2. The first-order chi connectivity index (χ1) is 11.7. The second-order valence-electron chi connectivity index (χ2n) is 7.49. The number of rotatable bonds is 7. The summed E-state index contributed by atoms with van der Waals surface area (Å²) in [6.45, 7) is 13.9. The van der Waals surface area contributed by atoms with Gasteiger partial charge in [-0.3, -0.25) is 4.99 Å². The van der Waals surface area contributed by atoms with Gasteiger partial charge in [-0.05, 0) is 38.9 Å². The molecule has 0 radical (unpaired) electrons. The number of likely N-dealkylation sites (tertiary alicyclic amines) is 1. The van der Waals surface area contributed by atoms with Crippen LogP contribution in [0, 0.1) is 5.92 Å². The zero-order chi connectivity index (χ0) is 17.2. The van der Waals surface area contributed by atoms with Crippen molar-refractivity contribution in [3.63, 3.8) is 0 Å². The highest BCUT2D eigenvalue weighted by Gasteiger charge is 2.16. The Balaban J connectivity index is 0.00000312. The summed E-state index contributed by atoms with van der Waals surface area (Å²) in [5, 5.41) is 6.95. The smallest absolute Gasteiger partial charge is 0.191 e. The van der Waals surface area contributed by atoms with Crippen LogP contribution in [0.15, 0.2) is 4.99 Å². The molecule has 0 amide bonds. The lowest BCUT2D eigenvalue weighted by Gasteiger charge is -2.34. The van der Waals surface area contributed by atoms with Gasteiger partial charge in [-0.2, -0.15) is 0 Å². The Kier molecular flexibility index (Phi) is 12.0. The maximum atomic E-state index is 4.36. The number of hydrogen-bond acceptors (Lipinski definition) is 4. The van der Waals surface area contributed by atoms with Crippen LogP contribution in [0.25, 0.3) is 0 Å². The Morgan fingerprint density at radius 2 is 1.64 bits per heavy atom. The van der Waals surface area contributed by atoms with Crippen molar-refractivity contribution in [3.05, 3.63) is 0 Å². The van der Waals surface area contributed by atoms with Gasteiger partial charge in [-0.25, -0.2) is 0 Å². The number of hydrogen-bond donors (Lipinski definition) is 2. The molecule has 2 N–H and O–H groups in total. The maximum Gasteiger partial charge on any atom is 0.191 e. The zero-order valence-electron chi connectivity index (χ0n) is 16.5. The molecule has 6 nitrogen and oxygen atoms in total. The Morgan fingerprint density at radius 1 is 0.960 bits per heavy atom. The summed E-state index contributed by atoms with van der Waals surface area (Å²) >= 11 is 0. The van der Waals surface area contributed by atoms with Crippen LogP contribution < -0.4 is 10.6 Å². The van der Waals surface area contributed by atoms with Crippen LogP contribution in [-0.4, -0.2) is 100 Å². The lowest BCUT2D eigenvalue weighted by Crippen LogP contribution is -2.48. The third-order valence-electron chi connectivity index (χ3n) is 5.18. The van der Waals surface area contributed by atoms with Crippen LogP contribution in [0.4, 0.5) is 0 Å². The number of piperidine rings is 1. The molecule has 2 aliphatic rings. The molecular weight excluding hydrogens is 427 g/mol. The largest absolute Gasteiger partial charge is 0.356 e. The highest BCUT2D eigenvalue weighted by Crippen LogP contribution is 2.07. The molecule has 0 bridgehead atoms. The Hall–Kier alpha value is -0.120. The molecule has 2 rings (SSSR count). The molecule has 2 aliphatic heterocycles. The number of guanidine groups is 1. The van der Waals surface area contributed by atoms with E-state index in [0.717, 1.165) is 25.6 Å². The van der Waals surface area contributed by atoms with E-state index in [9.17, 15) is 0 Å². The molecule has 148 valence electrons. The second kappa shape index (κ2) is 13.1. The van der Waals surface area contributed by atoms with E-state index < -0.39 is 0 Å². The van der Waals surface area contributed by atoms with Crippen LogP contribution in [0.5, 0.6) is 0 Å². The first-order valence-corrected chi connectivity index (χ1v) is 9.75. The van der Waals surface area contributed by atoms with Crippen molar-refractivity contribution in [2.75, 3.05) is 79.5 Å². The molecule has 0 saturated carbocycles. The highest BCUT2D eigenvalue weighted by molar-refractivity contribution is 14.0. The average Bonchev–Trinajstić information content (AvgIpc) is 2.61. The molecule has 0 spiro atoms. The molecule has 0 aromatic heterocycles. The SMILES string of the molecule is CN=C(NCCN1CCCCC1)NCC(C)CN1CCN(C)CC1.I. The van der Waals surface area contributed by atoms with E-state index in [2.05, 4.69) is 44.3 Å². The topological polar surface area (TPSA) is 46.1 Å². The van der Waals surface area contributed by atoms with Gasteiger partial charge in [0, 0.05) is 59.4 Å². The minimum atomic E-state index is 0. The zero-order valence-corrected chi connectivity index (χ0v) is 18.8. The van der Waals surface area contributed by atoms with Crippen LogP contribution in [-0.2, 0) is 0 Å². The van der Waals surface area contributed by atoms with Gasteiger partial charge in [0.25, 0.3) is 0 Å². The van der Waals surface area contributed by atoms with Gasteiger partial charge in [0.2, 0.25) is 0 Å². The Morgan fingerprint density at radius 3 is 2.28 bits per heavy atom. The van der Waals surface area contributed by atoms with Crippen LogP contribution in [0.1, 0.15) is 26.2 Å². The maximum absolute atomic E-state index is 4.36. The lowest BCUT2D eigenvalue weighted by atomic mass is 10.1. The molecule has 1 unspecified atom stereocenters. The third-order valence-corrected chi connectivity index (χ3v) is 5.18. The predicted molar refractivity (Wildman–Crippen MR) is 118 cm³/mol. The normalized spacial score (nSPS) is 22.3. The minimum absolute atomic E-state index is 0.